The molecule has 1 aromatic heterocycles. The van der Waals surface area contributed by atoms with Gasteiger partial charge in [-0.25, -0.2) is 4.98 Å². The van der Waals surface area contributed by atoms with Gasteiger partial charge < -0.3 is 11.1 Å². The molecule has 3 rings (SSSR count). The number of aromatic nitrogens is 1. The smallest absolute Gasteiger partial charge is 0.220 e. The lowest BCUT2D eigenvalue weighted by atomic mass is 9.84. The minimum Gasteiger partial charge on any atom is -0.352 e. The lowest BCUT2D eigenvalue weighted by molar-refractivity contribution is -0.122. The van der Waals surface area contributed by atoms with E-state index in [9.17, 15) is 4.79 Å². The maximum atomic E-state index is 12.2. The summed E-state index contributed by atoms with van der Waals surface area (Å²) in [7, 11) is 0. The molecule has 1 heterocycles. The fourth-order valence-corrected chi connectivity index (χ4v) is 4.62. The molecule has 1 unspecified atom stereocenters. The van der Waals surface area contributed by atoms with Crippen LogP contribution in [0, 0.1) is 5.92 Å². The third kappa shape index (κ3) is 4.54. The molecule has 3 N–H and O–H groups in total. The van der Waals surface area contributed by atoms with E-state index in [1.54, 1.807) is 11.3 Å². The van der Waals surface area contributed by atoms with Crippen LogP contribution in [-0.4, -0.2) is 23.5 Å². The van der Waals surface area contributed by atoms with Gasteiger partial charge in [-0.2, -0.15) is 0 Å². The SMILES string of the molecule is NCC(NC(=O)CCCc1nc2ccccc2s1)C1CCCCC1. The number of nitrogens with two attached hydrogens (primary N) is 1. The van der Waals surface area contributed by atoms with E-state index in [0.717, 1.165) is 23.4 Å². The second kappa shape index (κ2) is 8.58. The Hall–Kier alpha value is -1.46. The van der Waals surface area contributed by atoms with Gasteiger partial charge in [0.1, 0.15) is 0 Å². The molecular weight excluding hydrogens is 318 g/mol. The van der Waals surface area contributed by atoms with Crippen molar-refractivity contribution in [3.63, 3.8) is 0 Å². The molecule has 2 aromatic rings. The summed E-state index contributed by atoms with van der Waals surface area (Å²) in [6, 6.07) is 8.34. The molecule has 1 saturated carbocycles. The van der Waals surface area contributed by atoms with E-state index in [1.165, 1.54) is 36.8 Å². The topological polar surface area (TPSA) is 68.0 Å². The van der Waals surface area contributed by atoms with E-state index in [4.69, 9.17) is 5.73 Å². The predicted molar refractivity (Wildman–Crippen MR) is 100 cm³/mol. The quantitative estimate of drug-likeness (QED) is 0.805. The maximum absolute atomic E-state index is 12.2. The minimum absolute atomic E-state index is 0.136. The van der Waals surface area contributed by atoms with Crippen LogP contribution in [0.4, 0.5) is 0 Å². The van der Waals surface area contributed by atoms with Gasteiger partial charge in [0.25, 0.3) is 0 Å². The van der Waals surface area contributed by atoms with Gasteiger partial charge in [0, 0.05) is 19.0 Å². The third-order valence-electron chi connectivity index (χ3n) is 4.95. The number of aryl methyl sites for hydroxylation is 1. The van der Waals surface area contributed by atoms with Crippen LogP contribution in [0.15, 0.2) is 24.3 Å². The molecule has 1 aliphatic rings. The molecular formula is C19H27N3OS. The molecule has 1 amide bonds. The number of thiazole rings is 1. The van der Waals surface area contributed by atoms with Crippen molar-refractivity contribution in [1.82, 2.24) is 10.3 Å². The highest BCUT2D eigenvalue weighted by molar-refractivity contribution is 7.18. The van der Waals surface area contributed by atoms with Crippen LogP contribution < -0.4 is 11.1 Å². The summed E-state index contributed by atoms with van der Waals surface area (Å²) in [5.74, 6) is 0.703. The summed E-state index contributed by atoms with van der Waals surface area (Å²) in [6.07, 6.45) is 8.53. The van der Waals surface area contributed by atoms with Crippen molar-refractivity contribution in [2.45, 2.75) is 57.4 Å². The molecule has 0 spiro atoms. The fourth-order valence-electron chi connectivity index (χ4n) is 3.61. The zero-order chi connectivity index (χ0) is 16.8. The van der Waals surface area contributed by atoms with E-state index in [-0.39, 0.29) is 11.9 Å². The molecule has 1 aliphatic carbocycles. The number of fused-ring (bicyclic) bond motifs is 1. The number of hydrogen-bond acceptors (Lipinski definition) is 4. The summed E-state index contributed by atoms with van der Waals surface area (Å²) >= 11 is 1.73. The Morgan fingerprint density at radius 3 is 2.83 bits per heavy atom. The zero-order valence-electron chi connectivity index (χ0n) is 14.2. The van der Waals surface area contributed by atoms with Gasteiger partial charge in [-0.1, -0.05) is 31.4 Å². The average molecular weight is 346 g/mol. The van der Waals surface area contributed by atoms with Crippen molar-refractivity contribution in [2.24, 2.45) is 11.7 Å². The van der Waals surface area contributed by atoms with Gasteiger partial charge in [0.05, 0.1) is 15.2 Å². The Kier molecular flexibility index (Phi) is 6.21. The van der Waals surface area contributed by atoms with Gasteiger partial charge in [-0.05, 0) is 43.7 Å². The van der Waals surface area contributed by atoms with Crippen LogP contribution in [0.25, 0.3) is 10.2 Å². The van der Waals surface area contributed by atoms with Crippen LogP contribution in [0.1, 0.15) is 50.0 Å². The van der Waals surface area contributed by atoms with Crippen LogP contribution >= 0.6 is 11.3 Å². The third-order valence-corrected chi connectivity index (χ3v) is 6.05. The van der Waals surface area contributed by atoms with Crippen LogP contribution in [0.2, 0.25) is 0 Å². The molecule has 4 nitrogen and oxygen atoms in total. The lowest BCUT2D eigenvalue weighted by Crippen LogP contribution is -2.45. The molecule has 0 radical (unpaired) electrons. The summed E-state index contributed by atoms with van der Waals surface area (Å²) in [5, 5.41) is 4.29. The van der Waals surface area contributed by atoms with Crippen molar-refractivity contribution in [3.05, 3.63) is 29.3 Å². The normalized spacial score (nSPS) is 17.0. The molecule has 5 heteroatoms. The molecule has 130 valence electrons. The Labute approximate surface area is 147 Å². The predicted octanol–water partition coefficient (Wildman–Crippen LogP) is 3.64. The van der Waals surface area contributed by atoms with E-state index in [2.05, 4.69) is 16.4 Å². The highest BCUT2D eigenvalue weighted by Gasteiger charge is 2.23. The van der Waals surface area contributed by atoms with Crippen LogP contribution in [0.5, 0.6) is 0 Å². The highest BCUT2D eigenvalue weighted by atomic mass is 32.1. The first-order chi connectivity index (χ1) is 11.8. The van der Waals surface area contributed by atoms with Gasteiger partial charge in [-0.3, -0.25) is 4.79 Å². The van der Waals surface area contributed by atoms with Gasteiger partial charge in [0.15, 0.2) is 0 Å². The monoisotopic (exact) mass is 345 g/mol. The molecule has 1 atom stereocenters. The molecule has 24 heavy (non-hydrogen) atoms. The van der Waals surface area contributed by atoms with Gasteiger partial charge >= 0.3 is 0 Å². The summed E-state index contributed by atoms with van der Waals surface area (Å²) in [4.78, 5) is 16.9. The Balaban J connectivity index is 1.44. The molecule has 1 aromatic carbocycles. The fraction of sp³-hybridized carbons (Fsp3) is 0.579. The minimum atomic E-state index is 0.136. The number of amides is 1. The standard InChI is InChI=1S/C19H27N3OS/c20-13-16(14-7-2-1-3-8-14)21-18(23)11-6-12-19-22-15-9-4-5-10-17(15)24-19/h4-5,9-10,14,16H,1-3,6-8,11-13,20H2,(H,21,23). The van der Waals surface area contributed by atoms with Gasteiger partial charge in [0.2, 0.25) is 5.91 Å². The zero-order valence-corrected chi connectivity index (χ0v) is 15.0. The lowest BCUT2D eigenvalue weighted by Gasteiger charge is -2.30. The van der Waals surface area contributed by atoms with Crippen molar-refractivity contribution < 1.29 is 4.79 Å². The average Bonchev–Trinajstić information content (AvgIpc) is 3.03. The first-order valence-electron chi connectivity index (χ1n) is 9.10. The summed E-state index contributed by atoms with van der Waals surface area (Å²) in [5.41, 5.74) is 6.95. The summed E-state index contributed by atoms with van der Waals surface area (Å²) in [6.45, 7) is 0.550. The van der Waals surface area contributed by atoms with E-state index < -0.39 is 0 Å². The summed E-state index contributed by atoms with van der Waals surface area (Å²) < 4.78 is 1.22. The number of rotatable bonds is 7. The van der Waals surface area contributed by atoms with E-state index in [0.29, 0.717) is 18.9 Å². The number of carbonyl (C=O) groups is 1. The van der Waals surface area contributed by atoms with Crippen molar-refractivity contribution in [3.8, 4) is 0 Å². The first-order valence-corrected chi connectivity index (χ1v) is 9.92. The van der Waals surface area contributed by atoms with E-state index >= 15 is 0 Å². The Bertz CT molecular complexity index is 630. The Morgan fingerprint density at radius 2 is 2.08 bits per heavy atom. The number of nitrogens with zero attached hydrogens (tertiary/aromatic N) is 1. The second-order valence-electron chi connectivity index (χ2n) is 6.74. The number of para-hydroxylation sites is 1. The molecule has 0 bridgehead atoms. The van der Waals surface area contributed by atoms with Crippen molar-refractivity contribution in [1.29, 1.82) is 0 Å². The largest absolute Gasteiger partial charge is 0.352 e. The van der Waals surface area contributed by atoms with Crippen LogP contribution in [-0.2, 0) is 11.2 Å². The van der Waals surface area contributed by atoms with E-state index in [1.807, 2.05) is 18.2 Å². The van der Waals surface area contributed by atoms with Crippen molar-refractivity contribution in [2.75, 3.05) is 6.54 Å². The molecule has 0 saturated heterocycles. The van der Waals surface area contributed by atoms with Crippen LogP contribution in [0.3, 0.4) is 0 Å². The number of hydrogen-bond donors (Lipinski definition) is 2. The van der Waals surface area contributed by atoms with Gasteiger partial charge in [-0.15, -0.1) is 11.3 Å². The Morgan fingerprint density at radius 1 is 1.29 bits per heavy atom. The first kappa shape index (κ1) is 17.4. The number of carbonyl (C=O) groups excluding carboxylic acids is 1. The number of nitrogens with one attached hydrogen (secondary N) is 1. The maximum Gasteiger partial charge on any atom is 0.220 e. The molecule has 0 aliphatic heterocycles. The van der Waals surface area contributed by atoms with Crippen molar-refractivity contribution >= 4 is 27.5 Å². The number of benzene rings is 1. The second-order valence-corrected chi connectivity index (χ2v) is 7.85. The molecule has 1 fully saturated rings. The highest BCUT2D eigenvalue weighted by Crippen LogP contribution is 2.26.